The maximum Gasteiger partial charge on any atom is 0.255 e. The highest BCUT2D eigenvalue weighted by Crippen LogP contribution is 2.18. The first-order valence-electron chi connectivity index (χ1n) is 6.45. The number of nitrogens with zero attached hydrogens (tertiary/aromatic N) is 1. The summed E-state index contributed by atoms with van der Waals surface area (Å²) >= 11 is 6.09. The topological polar surface area (TPSA) is 20.3 Å². The number of benzene rings is 1. The average molecular weight is 268 g/mol. The van der Waals surface area contributed by atoms with Crippen LogP contribution in [0.25, 0.3) is 0 Å². The Hall–Kier alpha value is -1.02. The molecule has 0 unspecified atom stereocenters. The van der Waals surface area contributed by atoms with Gasteiger partial charge in [-0.15, -0.1) is 0 Å². The summed E-state index contributed by atoms with van der Waals surface area (Å²) in [6.07, 6.45) is 0. The molecule has 100 valence electrons. The summed E-state index contributed by atoms with van der Waals surface area (Å²) in [6.45, 7) is 10.0. The number of rotatable bonds is 5. The molecule has 0 aromatic heterocycles. The molecule has 0 saturated heterocycles. The number of amides is 1. The molecule has 0 atom stereocenters. The zero-order chi connectivity index (χ0) is 13.7. The summed E-state index contributed by atoms with van der Waals surface area (Å²) in [7, 11) is 0. The van der Waals surface area contributed by atoms with E-state index < -0.39 is 0 Å². The van der Waals surface area contributed by atoms with Gasteiger partial charge in [0.15, 0.2) is 0 Å². The number of hydrogen-bond donors (Lipinski definition) is 0. The highest BCUT2D eigenvalue weighted by Gasteiger charge is 2.19. The first-order valence-corrected chi connectivity index (χ1v) is 6.83. The summed E-state index contributed by atoms with van der Waals surface area (Å²) in [5.74, 6) is 0.938. The Morgan fingerprint density at radius 1 is 1.11 bits per heavy atom. The van der Waals surface area contributed by atoms with Crippen LogP contribution in [-0.2, 0) is 0 Å². The highest BCUT2D eigenvalue weighted by atomic mass is 35.5. The second-order valence-electron chi connectivity index (χ2n) is 5.48. The molecular weight excluding hydrogens is 246 g/mol. The molecule has 1 aromatic rings. The Morgan fingerprint density at radius 3 is 2.06 bits per heavy atom. The molecule has 0 saturated carbocycles. The second kappa shape index (κ2) is 6.79. The van der Waals surface area contributed by atoms with E-state index in [0.29, 0.717) is 22.4 Å². The Morgan fingerprint density at radius 2 is 1.61 bits per heavy atom. The first-order chi connectivity index (χ1) is 8.41. The van der Waals surface area contributed by atoms with Gasteiger partial charge in [-0.1, -0.05) is 51.4 Å². The smallest absolute Gasteiger partial charge is 0.255 e. The molecule has 0 heterocycles. The summed E-state index contributed by atoms with van der Waals surface area (Å²) in [4.78, 5) is 14.4. The van der Waals surface area contributed by atoms with Gasteiger partial charge in [0, 0.05) is 13.1 Å². The van der Waals surface area contributed by atoms with Crippen molar-refractivity contribution in [3.05, 3.63) is 34.9 Å². The largest absolute Gasteiger partial charge is 0.338 e. The number of carbonyl (C=O) groups excluding carboxylic acids is 1. The predicted octanol–water partition coefficient (Wildman–Crippen LogP) is 4.09. The van der Waals surface area contributed by atoms with Crippen LogP contribution in [0, 0.1) is 11.8 Å². The van der Waals surface area contributed by atoms with E-state index in [1.165, 1.54) is 0 Å². The fourth-order valence-electron chi connectivity index (χ4n) is 1.93. The van der Waals surface area contributed by atoms with Crippen LogP contribution >= 0.6 is 11.6 Å². The van der Waals surface area contributed by atoms with E-state index in [-0.39, 0.29) is 5.91 Å². The van der Waals surface area contributed by atoms with Crippen LogP contribution in [0.1, 0.15) is 38.1 Å². The van der Waals surface area contributed by atoms with E-state index in [1.54, 1.807) is 12.1 Å². The molecule has 0 aliphatic rings. The fraction of sp³-hybridized carbons (Fsp3) is 0.533. The molecule has 0 spiro atoms. The molecule has 1 rings (SSSR count). The van der Waals surface area contributed by atoms with E-state index in [4.69, 9.17) is 11.6 Å². The monoisotopic (exact) mass is 267 g/mol. The van der Waals surface area contributed by atoms with Gasteiger partial charge in [0.25, 0.3) is 5.91 Å². The van der Waals surface area contributed by atoms with Gasteiger partial charge in [-0.05, 0) is 24.0 Å². The van der Waals surface area contributed by atoms with Crippen LogP contribution in [0.15, 0.2) is 24.3 Å². The highest BCUT2D eigenvalue weighted by molar-refractivity contribution is 6.33. The van der Waals surface area contributed by atoms with Gasteiger partial charge in [-0.25, -0.2) is 0 Å². The lowest BCUT2D eigenvalue weighted by Crippen LogP contribution is -2.37. The molecule has 0 radical (unpaired) electrons. The van der Waals surface area contributed by atoms with Gasteiger partial charge < -0.3 is 4.90 Å². The van der Waals surface area contributed by atoms with Crippen LogP contribution in [0.5, 0.6) is 0 Å². The van der Waals surface area contributed by atoms with Gasteiger partial charge in [-0.3, -0.25) is 4.79 Å². The molecule has 0 fully saturated rings. The van der Waals surface area contributed by atoms with E-state index in [0.717, 1.165) is 13.1 Å². The Bertz CT molecular complexity index is 391. The summed E-state index contributed by atoms with van der Waals surface area (Å²) < 4.78 is 0. The van der Waals surface area contributed by atoms with Crippen LogP contribution in [0.2, 0.25) is 5.02 Å². The number of carbonyl (C=O) groups is 1. The van der Waals surface area contributed by atoms with Crippen molar-refractivity contribution in [3.8, 4) is 0 Å². The normalized spacial score (nSPS) is 11.1. The quantitative estimate of drug-likeness (QED) is 0.787. The molecule has 18 heavy (non-hydrogen) atoms. The Kier molecular flexibility index (Phi) is 5.67. The standard InChI is InChI=1S/C15H22ClNO/c1-11(2)9-17(10-12(3)4)15(18)13-7-5-6-8-14(13)16/h5-8,11-12H,9-10H2,1-4H3. The van der Waals surface area contributed by atoms with Gasteiger partial charge in [-0.2, -0.15) is 0 Å². The van der Waals surface area contributed by atoms with E-state index in [1.807, 2.05) is 17.0 Å². The third-order valence-electron chi connectivity index (χ3n) is 2.56. The molecule has 1 amide bonds. The zero-order valence-corrected chi connectivity index (χ0v) is 12.4. The summed E-state index contributed by atoms with van der Waals surface area (Å²) in [5, 5.41) is 0.528. The molecule has 0 bridgehead atoms. The molecule has 3 heteroatoms. The molecule has 0 aliphatic heterocycles. The van der Waals surface area contributed by atoms with Crippen molar-refractivity contribution >= 4 is 17.5 Å². The molecule has 1 aromatic carbocycles. The van der Waals surface area contributed by atoms with Gasteiger partial charge in [0.1, 0.15) is 0 Å². The lowest BCUT2D eigenvalue weighted by Gasteiger charge is -2.26. The van der Waals surface area contributed by atoms with Crippen molar-refractivity contribution in [1.29, 1.82) is 0 Å². The third-order valence-corrected chi connectivity index (χ3v) is 2.89. The SMILES string of the molecule is CC(C)CN(CC(C)C)C(=O)c1ccccc1Cl. The minimum atomic E-state index is 0.0306. The van der Waals surface area contributed by atoms with Crippen molar-refractivity contribution in [2.45, 2.75) is 27.7 Å². The van der Waals surface area contributed by atoms with E-state index in [2.05, 4.69) is 27.7 Å². The Balaban J connectivity index is 2.91. The van der Waals surface area contributed by atoms with E-state index >= 15 is 0 Å². The van der Waals surface area contributed by atoms with Crippen LogP contribution < -0.4 is 0 Å². The third kappa shape index (κ3) is 4.34. The van der Waals surface area contributed by atoms with E-state index in [9.17, 15) is 4.79 Å². The second-order valence-corrected chi connectivity index (χ2v) is 5.88. The van der Waals surface area contributed by atoms with Crippen LogP contribution in [0.4, 0.5) is 0 Å². The molecule has 0 aliphatic carbocycles. The lowest BCUT2D eigenvalue weighted by atomic mass is 10.1. The van der Waals surface area contributed by atoms with Gasteiger partial charge in [0.2, 0.25) is 0 Å². The number of hydrogen-bond acceptors (Lipinski definition) is 1. The van der Waals surface area contributed by atoms with Crippen molar-refractivity contribution in [2.24, 2.45) is 11.8 Å². The zero-order valence-electron chi connectivity index (χ0n) is 11.6. The van der Waals surface area contributed by atoms with Crippen LogP contribution in [0.3, 0.4) is 0 Å². The maximum absolute atomic E-state index is 12.5. The summed E-state index contributed by atoms with van der Waals surface area (Å²) in [6, 6.07) is 7.24. The van der Waals surface area contributed by atoms with Gasteiger partial charge in [0.05, 0.1) is 10.6 Å². The van der Waals surface area contributed by atoms with Crippen LogP contribution in [-0.4, -0.2) is 23.9 Å². The van der Waals surface area contributed by atoms with Crippen molar-refractivity contribution in [2.75, 3.05) is 13.1 Å². The minimum absolute atomic E-state index is 0.0306. The number of halogens is 1. The fourth-order valence-corrected chi connectivity index (χ4v) is 2.14. The molecule has 2 nitrogen and oxygen atoms in total. The average Bonchev–Trinajstić information content (AvgIpc) is 2.26. The minimum Gasteiger partial charge on any atom is -0.338 e. The van der Waals surface area contributed by atoms with Crippen molar-refractivity contribution in [1.82, 2.24) is 4.90 Å². The molecule has 0 N–H and O–H groups in total. The van der Waals surface area contributed by atoms with Gasteiger partial charge >= 0.3 is 0 Å². The lowest BCUT2D eigenvalue weighted by molar-refractivity contribution is 0.0715. The maximum atomic E-state index is 12.5. The predicted molar refractivity (Wildman–Crippen MR) is 77.0 cm³/mol. The molecular formula is C15H22ClNO. The van der Waals surface area contributed by atoms with Crippen molar-refractivity contribution < 1.29 is 4.79 Å². The first kappa shape index (κ1) is 15.0. The Labute approximate surface area is 115 Å². The van der Waals surface area contributed by atoms with Crippen molar-refractivity contribution in [3.63, 3.8) is 0 Å². The summed E-state index contributed by atoms with van der Waals surface area (Å²) in [5.41, 5.74) is 0.598.